The van der Waals surface area contributed by atoms with Gasteiger partial charge in [-0.25, -0.2) is 5.84 Å². The van der Waals surface area contributed by atoms with Gasteiger partial charge in [-0.1, -0.05) is 11.6 Å². The second-order valence-electron chi connectivity index (χ2n) is 7.49. The molecule has 2 unspecified atom stereocenters. The number of nitrogens with zero attached hydrogens (tertiary/aromatic N) is 2. The van der Waals surface area contributed by atoms with Gasteiger partial charge in [0.05, 0.1) is 4.34 Å². The van der Waals surface area contributed by atoms with Crippen molar-refractivity contribution in [1.82, 2.24) is 9.91 Å². The number of thiophene rings is 1. The predicted molar refractivity (Wildman–Crippen MR) is 114 cm³/mol. The van der Waals surface area contributed by atoms with E-state index in [1.807, 2.05) is 0 Å². The number of hydrogen-bond donors (Lipinski definition) is 2. The van der Waals surface area contributed by atoms with E-state index in [-0.39, 0.29) is 18.4 Å². The van der Waals surface area contributed by atoms with Crippen LogP contribution in [0.2, 0.25) is 4.34 Å². The first kappa shape index (κ1) is 21.7. The lowest BCUT2D eigenvalue weighted by Gasteiger charge is -2.46. The summed E-state index contributed by atoms with van der Waals surface area (Å²) in [4.78, 5) is 15.4. The second kappa shape index (κ2) is 8.81. The summed E-state index contributed by atoms with van der Waals surface area (Å²) < 4.78 is 17.9. The lowest BCUT2D eigenvalue weighted by molar-refractivity contribution is -0.0969. The van der Waals surface area contributed by atoms with Crippen LogP contribution in [0.4, 0.5) is 0 Å². The molecule has 1 aromatic rings. The second-order valence-corrected chi connectivity index (χ2v) is 10.7. The summed E-state index contributed by atoms with van der Waals surface area (Å²) in [5.41, 5.74) is 7.10. The van der Waals surface area contributed by atoms with Crippen LogP contribution in [0, 0.1) is 0 Å². The van der Waals surface area contributed by atoms with E-state index in [9.17, 15) is 9.00 Å². The van der Waals surface area contributed by atoms with Crippen LogP contribution >= 0.6 is 22.9 Å². The molecule has 0 aliphatic carbocycles. The van der Waals surface area contributed by atoms with E-state index in [4.69, 9.17) is 27.9 Å². The van der Waals surface area contributed by atoms with Crippen LogP contribution in [0.1, 0.15) is 35.0 Å². The Labute approximate surface area is 177 Å². The number of piperidine rings is 1. The monoisotopic (exact) mass is 446 g/mol. The number of nitrogens with two attached hydrogens (primary N) is 2. The first-order valence-electron chi connectivity index (χ1n) is 9.19. The van der Waals surface area contributed by atoms with Gasteiger partial charge in [0.1, 0.15) is 12.2 Å². The molecule has 0 bridgehead atoms. The first-order valence-corrected chi connectivity index (χ1v) is 12.1. The maximum absolute atomic E-state index is 12.2. The molecule has 0 aromatic carbocycles. The van der Waals surface area contributed by atoms with Gasteiger partial charge in [0.25, 0.3) is 0 Å². The average Bonchev–Trinajstić information content (AvgIpc) is 3.02. The number of rotatable bonds is 6. The molecule has 28 heavy (non-hydrogen) atoms. The summed E-state index contributed by atoms with van der Waals surface area (Å²) in [5, 5.41) is 1.49. The van der Waals surface area contributed by atoms with Gasteiger partial charge in [0, 0.05) is 70.8 Å². The van der Waals surface area contributed by atoms with Gasteiger partial charge in [0.15, 0.2) is 5.78 Å². The number of ether oxygens (including phenoxy) is 1. The first-order chi connectivity index (χ1) is 13.2. The molecule has 2 aliphatic rings. The third-order valence-electron chi connectivity index (χ3n) is 5.30. The Hall–Kier alpha value is -0.970. The fourth-order valence-electron chi connectivity index (χ4n) is 3.87. The number of Topliss-reactive ketones (excluding diaryl/α,β-unsaturated/α-hetero) is 1. The minimum Gasteiger partial charge on any atom is -0.400 e. The van der Waals surface area contributed by atoms with Crippen LogP contribution < -0.4 is 11.6 Å². The molecule has 0 amide bonds. The van der Waals surface area contributed by atoms with E-state index in [2.05, 4.69) is 11.8 Å². The van der Waals surface area contributed by atoms with Gasteiger partial charge >= 0.3 is 0 Å². The molecule has 0 radical (unpaired) electrons. The average molecular weight is 447 g/mol. The van der Waals surface area contributed by atoms with Crippen molar-refractivity contribution in [3.05, 3.63) is 32.7 Å². The molecule has 1 saturated heterocycles. The smallest absolute Gasteiger partial charge is 0.189 e. The van der Waals surface area contributed by atoms with Gasteiger partial charge < -0.3 is 15.5 Å². The van der Waals surface area contributed by atoms with E-state index >= 15 is 0 Å². The van der Waals surface area contributed by atoms with Crippen molar-refractivity contribution < 1.29 is 13.7 Å². The van der Waals surface area contributed by atoms with Gasteiger partial charge in [0.2, 0.25) is 0 Å². The van der Waals surface area contributed by atoms with Crippen LogP contribution in [0.25, 0.3) is 0 Å². The highest BCUT2D eigenvalue weighted by Crippen LogP contribution is 2.47. The number of likely N-dealkylation sites (tertiary alicyclic amines) is 1. The van der Waals surface area contributed by atoms with E-state index in [1.54, 1.807) is 18.5 Å². The number of carbonyl (C=O) groups excluding carboxylic acids is 1. The molecule has 4 N–H and O–H groups in total. The molecule has 1 aromatic heterocycles. The van der Waals surface area contributed by atoms with Gasteiger partial charge in [-0.3, -0.25) is 13.9 Å². The summed E-state index contributed by atoms with van der Waals surface area (Å²) >= 11 is 7.64. The molecule has 1 spiro atoms. The van der Waals surface area contributed by atoms with Crippen LogP contribution in [-0.4, -0.2) is 64.2 Å². The van der Waals surface area contributed by atoms with E-state index in [0.29, 0.717) is 34.4 Å². The molecule has 3 atom stereocenters. The maximum atomic E-state index is 12.2. The standard InChI is InChI=1S/C18H27ClN4O3S2/c1-12-8-18(17-14(7-16(19)27-17)15(24)11-26-18)3-4-22(12)9-13(20)10-23(21)5-6-28(2)25/h7,10,12H,3-6,8-9,11,20-21H2,1-2H3/b13-10-/t12-,18?,28?/m0/s1. The number of hydrogen-bond acceptors (Lipinski definition) is 8. The van der Waals surface area contributed by atoms with Crippen LogP contribution in [0.5, 0.6) is 0 Å². The SMILES string of the molecule is C[C@H]1CC2(CCN1C/C(N)=C/N(N)CCS(C)=O)OCC(=O)c1cc(Cl)sc12. The minimum absolute atomic E-state index is 0.00193. The number of fused-ring (bicyclic) bond motifs is 2. The summed E-state index contributed by atoms with van der Waals surface area (Å²) in [6, 6.07) is 1.99. The van der Waals surface area contributed by atoms with E-state index in [1.165, 1.54) is 16.3 Å². The van der Waals surface area contributed by atoms with Gasteiger partial charge in [-0.05, 0) is 25.8 Å². The normalized spacial score (nSPS) is 27.1. The van der Waals surface area contributed by atoms with Crippen LogP contribution in [0.15, 0.2) is 18.0 Å². The lowest BCUT2D eigenvalue weighted by atomic mass is 9.82. The molecule has 156 valence electrons. The topological polar surface area (TPSA) is 102 Å². The molecule has 3 heterocycles. The zero-order valence-corrected chi connectivity index (χ0v) is 18.5. The van der Waals surface area contributed by atoms with Gasteiger partial charge in [-0.15, -0.1) is 11.3 Å². The van der Waals surface area contributed by atoms with E-state index in [0.717, 1.165) is 24.3 Å². The zero-order chi connectivity index (χ0) is 20.5. The number of ketones is 1. The fourth-order valence-corrected chi connectivity index (χ4v) is 5.76. The molecular weight excluding hydrogens is 420 g/mol. The van der Waals surface area contributed by atoms with Crippen molar-refractivity contribution in [2.75, 3.05) is 38.2 Å². The Morgan fingerprint density at radius 3 is 3.04 bits per heavy atom. The Morgan fingerprint density at radius 1 is 1.61 bits per heavy atom. The van der Waals surface area contributed by atoms with Crippen molar-refractivity contribution in [2.24, 2.45) is 11.6 Å². The zero-order valence-electron chi connectivity index (χ0n) is 16.2. The minimum atomic E-state index is -0.887. The number of halogens is 1. The van der Waals surface area contributed by atoms with Crippen molar-refractivity contribution in [3.63, 3.8) is 0 Å². The third-order valence-corrected chi connectivity index (χ3v) is 7.51. The highest BCUT2D eigenvalue weighted by Gasteiger charge is 2.46. The lowest BCUT2D eigenvalue weighted by Crippen LogP contribution is -2.51. The molecule has 0 saturated carbocycles. The van der Waals surface area contributed by atoms with E-state index < -0.39 is 16.4 Å². The summed E-state index contributed by atoms with van der Waals surface area (Å²) in [6.07, 6.45) is 4.91. The molecule has 2 aliphatic heterocycles. The Balaban J connectivity index is 1.65. The maximum Gasteiger partial charge on any atom is 0.189 e. The largest absolute Gasteiger partial charge is 0.400 e. The van der Waals surface area contributed by atoms with Crippen molar-refractivity contribution in [1.29, 1.82) is 0 Å². The Kier molecular flexibility index (Phi) is 6.84. The van der Waals surface area contributed by atoms with Crippen molar-refractivity contribution in [2.45, 2.75) is 31.4 Å². The summed E-state index contributed by atoms with van der Waals surface area (Å²) in [6.45, 7) is 4.13. The molecule has 7 nitrogen and oxygen atoms in total. The van der Waals surface area contributed by atoms with Gasteiger partial charge in [-0.2, -0.15) is 0 Å². The quantitative estimate of drug-likeness (QED) is 0.506. The molecular formula is C18H27ClN4O3S2. The molecule has 3 rings (SSSR count). The predicted octanol–water partition coefficient (Wildman–Crippen LogP) is 1.65. The fraction of sp³-hybridized carbons (Fsp3) is 0.611. The Bertz CT molecular complexity index is 800. The number of hydrazine groups is 1. The summed E-state index contributed by atoms with van der Waals surface area (Å²) in [5.74, 6) is 6.41. The Morgan fingerprint density at radius 2 is 2.36 bits per heavy atom. The van der Waals surface area contributed by atoms with Crippen LogP contribution in [-0.2, 0) is 21.1 Å². The highest BCUT2D eigenvalue weighted by atomic mass is 35.5. The summed E-state index contributed by atoms with van der Waals surface area (Å²) in [7, 11) is -0.887. The molecule has 10 heteroatoms. The molecule has 1 fully saturated rings. The van der Waals surface area contributed by atoms with Crippen molar-refractivity contribution in [3.8, 4) is 0 Å². The van der Waals surface area contributed by atoms with Crippen molar-refractivity contribution >= 4 is 39.5 Å². The number of carbonyl (C=O) groups is 1. The third kappa shape index (κ3) is 4.77. The highest BCUT2D eigenvalue weighted by molar-refractivity contribution is 7.84. The van der Waals surface area contributed by atoms with Crippen LogP contribution in [0.3, 0.4) is 0 Å².